The fraction of sp³-hybridized carbons (Fsp3) is 0.667. The first-order valence-corrected chi connectivity index (χ1v) is 10.2. The molecule has 0 radical (unpaired) electrons. The number of esters is 1. The van der Waals surface area contributed by atoms with Gasteiger partial charge >= 0.3 is 5.97 Å². The zero-order valence-corrected chi connectivity index (χ0v) is 17.2. The van der Waals surface area contributed by atoms with Gasteiger partial charge in [-0.2, -0.15) is 0 Å². The van der Waals surface area contributed by atoms with Crippen LogP contribution in [0.1, 0.15) is 58.9 Å². The van der Waals surface area contributed by atoms with Gasteiger partial charge in [-0.1, -0.05) is 41.9 Å². The van der Waals surface area contributed by atoms with Crippen LogP contribution in [0.2, 0.25) is 0 Å². The highest BCUT2D eigenvalue weighted by Gasteiger charge is 2.49. The number of halogens is 1. The van der Waals surface area contributed by atoms with Crippen molar-refractivity contribution in [1.29, 1.82) is 0 Å². The molecule has 0 amide bonds. The molecule has 1 aromatic carbocycles. The van der Waals surface area contributed by atoms with Gasteiger partial charge in [-0.15, -0.1) is 0 Å². The van der Waals surface area contributed by atoms with E-state index in [9.17, 15) is 4.79 Å². The molecule has 2 aliphatic rings. The van der Waals surface area contributed by atoms with Crippen LogP contribution in [-0.4, -0.2) is 18.2 Å². The summed E-state index contributed by atoms with van der Waals surface area (Å²) in [6.07, 6.45) is 4.29. The lowest BCUT2D eigenvalue weighted by molar-refractivity contribution is -0.160. The van der Waals surface area contributed by atoms with Crippen molar-refractivity contribution < 1.29 is 14.3 Å². The summed E-state index contributed by atoms with van der Waals surface area (Å²) in [7, 11) is 0. The third kappa shape index (κ3) is 4.11. The number of rotatable bonds is 6. The second kappa shape index (κ2) is 7.40. The van der Waals surface area contributed by atoms with E-state index in [-0.39, 0.29) is 29.7 Å². The maximum absolute atomic E-state index is 12.1. The van der Waals surface area contributed by atoms with Crippen molar-refractivity contribution in [3.8, 4) is 0 Å². The van der Waals surface area contributed by atoms with Gasteiger partial charge in [0.25, 0.3) is 0 Å². The lowest BCUT2D eigenvalue weighted by Crippen LogP contribution is -2.36. The normalized spacial score (nSPS) is 29.6. The molecule has 0 heterocycles. The minimum absolute atomic E-state index is 0.00233. The summed E-state index contributed by atoms with van der Waals surface area (Å²) in [6.45, 7) is 8.26. The Balaban J connectivity index is 1.57. The predicted molar refractivity (Wildman–Crippen MR) is 102 cm³/mol. The highest BCUT2D eigenvalue weighted by Crippen LogP contribution is 2.49. The van der Waals surface area contributed by atoms with Crippen LogP contribution in [0.3, 0.4) is 0 Å². The smallest absolute Gasteiger partial charge is 0.308 e. The minimum Gasteiger partial charge on any atom is -0.462 e. The van der Waals surface area contributed by atoms with Crippen LogP contribution in [0.25, 0.3) is 0 Å². The molecule has 4 heteroatoms. The number of carbonyl (C=O) groups excluding carboxylic acids is 1. The van der Waals surface area contributed by atoms with Crippen molar-refractivity contribution in [2.75, 3.05) is 0 Å². The fourth-order valence-electron chi connectivity index (χ4n) is 4.19. The van der Waals surface area contributed by atoms with Crippen LogP contribution in [0.4, 0.5) is 0 Å². The number of hydrogen-bond acceptors (Lipinski definition) is 3. The molecule has 0 aromatic heterocycles. The van der Waals surface area contributed by atoms with Gasteiger partial charge in [-0.3, -0.25) is 4.79 Å². The molecule has 0 saturated heterocycles. The first kappa shape index (κ1) is 18.9. The average Bonchev–Trinajstić information content (AvgIpc) is 3.13. The van der Waals surface area contributed by atoms with Gasteiger partial charge in [0.1, 0.15) is 6.10 Å². The monoisotopic (exact) mass is 408 g/mol. The molecule has 2 bridgehead atoms. The molecule has 1 aromatic rings. The Kier molecular flexibility index (Phi) is 5.60. The SMILES string of the molecule is CCC(C)C(=O)OC1CC2CC1CC2OC(C)(C)c1ccc(Br)cc1. The van der Waals surface area contributed by atoms with E-state index >= 15 is 0 Å². The maximum atomic E-state index is 12.1. The Morgan fingerprint density at radius 2 is 1.76 bits per heavy atom. The lowest BCUT2D eigenvalue weighted by Gasteiger charge is -2.35. The topological polar surface area (TPSA) is 35.5 Å². The first-order valence-electron chi connectivity index (χ1n) is 9.44. The number of carbonyl (C=O) groups is 1. The maximum Gasteiger partial charge on any atom is 0.308 e. The summed E-state index contributed by atoms with van der Waals surface area (Å²) in [5, 5.41) is 0. The summed E-state index contributed by atoms with van der Waals surface area (Å²) < 4.78 is 13.4. The molecule has 3 nitrogen and oxygen atoms in total. The molecular formula is C21H29BrO3. The van der Waals surface area contributed by atoms with Gasteiger partial charge < -0.3 is 9.47 Å². The van der Waals surface area contributed by atoms with E-state index in [1.807, 2.05) is 13.8 Å². The second-order valence-electron chi connectivity index (χ2n) is 8.19. The zero-order chi connectivity index (χ0) is 18.2. The van der Waals surface area contributed by atoms with Gasteiger partial charge in [0.2, 0.25) is 0 Å². The van der Waals surface area contributed by atoms with Gasteiger partial charge in [-0.25, -0.2) is 0 Å². The van der Waals surface area contributed by atoms with Crippen molar-refractivity contribution >= 4 is 21.9 Å². The standard InChI is InChI=1S/C21H29BrO3/c1-5-13(2)20(23)24-18-11-15-10-14(18)12-19(15)25-21(3,4)16-6-8-17(22)9-7-16/h6-9,13-15,18-19H,5,10-12H2,1-4H3. The van der Waals surface area contributed by atoms with Crippen LogP contribution in [0.15, 0.2) is 28.7 Å². The van der Waals surface area contributed by atoms with Gasteiger partial charge in [0, 0.05) is 4.47 Å². The average molecular weight is 409 g/mol. The summed E-state index contributed by atoms with van der Waals surface area (Å²) in [5.41, 5.74) is 0.886. The lowest BCUT2D eigenvalue weighted by atomic mass is 9.92. The highest BCUT2D eigenvalue weighted by molar-refractivity contribution is 9.10. The molecule has 2 aliphatic carbocycles. The van der Waals surface area contributed by atoms with Gasteiger partial charge in [-0.05, 0) is 69.1 Å². The van der Waals surface area contributed by atoms with Crippen LogP contribution in [0, 0.1) is 17.8 Å². The summed E-state index contributed by atoms with van der Waals surface area (Å²) in [6, 6.07) is 8.36. The van der Waals surface area contributed by atoms with E-state index in [4.69, 9.17) is 9.47 Å². The van der Waals surface area contributed by atoms with Crippen molar-refractivity contribution in [2.24, 2.45) is 17.8 Å². The van der Waals surface area contributed by atoms with Crippen molar-refractivity contribution in [3.05, 3.63) is 34.3 Å². The zero-order valence-electron chi connectivity index (χ0n) is 15.6. The third-order valence-electron chi connectivity index (χ3n) is 5.99. The Morgan fingerprint density at radius 3 is 2.32 bits per heavy atom. The third-order valence-corrected chi connectivity index (χ3v) is 6.52. The van der Waals surface area contributed by atoms with E-state index in [1.54, 1.807) is 0 Å². The Hall–Kier alpha value is -0.870. The van der Waals surface area contributed by atoms with E-state index in [0.717, 1.165) is 30.2 Å². The Labute approximate surface area is 159 Å². The van der Waals surface area contributed by atoms with Gasteiger partial charge in [0.05, 0.1) is 17.6 Å². The van der Waals surface area contributed by atoms with Crippen LogP contribution < -0.4 is 0 Å². The van der Waals surface area contributed by atoms with Crippen molar-refractivity contribution in [1.82, 2.24) is 0 Å². The quantitative estimate of drug-likeness (QED) is 0.586. The van der Waals surface area contributed by atoms with E-state index in [2.05, 4.69) is 54.0 Å². The molecule has 0 spiro atoms. The summed E-state index contributed by atoms with van der Waals surface area (Å²) in [5.74, 6) is 0.938. The van der Waals surface area contributed by atoms with Crippen molar-refractivity contribution in [2.45, 2.75) is 71.2 Å². The number of ether oxygens (including phenoxy) is 2. The van der Waals surface area contributed by atoms with E-state index < -0.39 is 0 Å². The molecule has 2 saturated carbocycles. The molecule has 0 aliphatic heterocycles. The number of fused-ring (bicyclic) bond motifs is 2. The summed E-state index contributed by atoms with van der Waals surface area (Å²) >= 11 is 3.49. The molecule has 5 atom stereocenters. The van der Waals surface area contributed by atoms with E-state index in [0.29, 0.717) is 11.8 Å². The number of benzene rings is 1. The fourth-order valence-corrected chi connectivity index (χ4v) is 4.45. The molecule has 0 N–H and O–H groups in total. The largest absolute Gasteiger partial charge is 0.462 e. The first-order chi connectivity index (χ1) is 11.8. The number of hydrogen-bond donors (Lipinski definition) is 0. The summed E-state index contributed by atoms with van der Waals surface area (Å²) in [4.78, 5) is 12.1. The Morgan fingerprint density at radius 1 is 1.16 bits per heavy atom. The highest BCUT2D eigenvalue weighted by atomic mass is 79.9. The molecule has 3 rings (SSSR count). The van der Waals surface area contributed by atoms with Crippen LogP contribution >= 0.6 is 15.9 Å². The minimum atomic E-state index is -0.307. The molecule has 5 unspecified atom stereocenters. The van der Waals surface area contributed by atoms with Crippen LogP contribution in [0.5, 0.6) is 0 Å². The van der Waals surface area contributed by atoms with E-state index in [1.165, 1.54) is 5.56 Å². The predicted octanol–water partition coefficient (Wildman–Crippen LogP) is 5.46. The molecule has 25 heavy (non-hydrogen) atoms. The molecule has 2 fully saturated rings. The molecule has 138 valence electrons. The van der Waals surface area contributed by atoms with Crippen LogP contribution in [-0.2, 0) is 19.9 Å². The molecular weight excluding hydrogens is 380 g/mol. The van der Waals surface area contributed by atoms with Crippen molar-refractivity contribution in [3.63, 3.8) is 0 Å². The van der Waals surface area contributed by atoms with Gasteiger partial charge in [0.15, 0.2) is 0 Å². The second-order valence-corrected chi connectivity index (χ2v) is 9.10. The Bertz CT molecular complexity index is 610.